The zero-order valence-electron chi connectivity index (χ0n) is 15.1. The Hall–Kier alpha value is -1.10. The lowest BCUT2D eigenvalue weighted by Crippen LogP contribution is -2.48. The van der Waals surface area contributed by atoms with E-state index in [0.29, 0.717) is 0 Å². The fraction of sp³-hybridized carbons (Fsp3) is 0.700. The first kappa shape index (κ1) is 17.7. The van der Waals surface area contributed by atoms with Gasteiger partial charge in [-0.2, -0.15) is 0 Å². The zero-order valence-corrected chi connectivity index (χ0v) is 15.1. The van der Waals surface area contributed by atoms with Crippen LogP contribution in [0.1, 0.15) is 24.8 Å². The number of hydrogen-bond acceptors (Lipinski definition) is 4. The summed E-state index contributed by atoms with van der Waals surface area (Å²) in [5.41, 5.74) is 1.39. The normalized spacial score (nSPS) is 22.6. The first-order chi connectivity index (χ1) is 11.8. The quantitative estimate of drug-likeness (QED) is 0.717. The number of fused-ring (bicyclic) bond motifs is 1. The molecule has 1 saturated heterocycles. The largest absolute Gasteiger partial charge is 0.493 e. The molecule has 1 atom stereocenters. The third-order valence-corrected chi connectivity index (χ3v) is 5.32. The molecule has 4 nitrogen and oxygen atoms in total. The molecule has 2 aliphatic rings. The average Bonchev–Trinajstić information content (AvgIpc) is 2.82. The molecule has 1 aromatic carbocycles. The van der Waals surface area contributed by atoms with Crippen molar-refractivity contribution in [3.8, 4) is 5.75 Å². The molecule has 0 bridgehead atoms. The van der Waals surface area contributed by atoms with Gasteiger partial charge in [0.05, 0.1) is 6.61 Å². The first-order valence-electron chi connectivity index (χ1n) is 9.49. The zero-order chi connectivity index (χ0) is 16.6. The molecule has 24 heavy (non-hydrogen) atoms. The Morgan fingerprint density at radius 2 is 1.88 bits per heavy atom. The monoisotopic (exact) mass is 332 g/mol. The predicted octanol–water partition coefficient (Wildman–Crippen LogP) is 2.67. The number of para-hydroxylation sites is 1. The summed E-state index contributed by atoms with van der Waals surface area (Å²) in [6.07, 6.45) is 4.77. The van der Waals surface area contributed by atoms with E-state index < -0.39 is 0 Å². The number of benzene rings is 1. The van der Waals surface area contributed by atoms with Crippen molar-refractivity contribution in [1.82, 2.24) is 9.80 Å². The molecule has 0 aliphatic carbocycles. The van der Waals surface area contributed by atoms with Crippen LogP contribution in [-0.2, 0) is 11.2 Å². The van der Waals surface area contributed by atoms with Crippen LogP contribution in [0.5, 0.6) is 5.75 Å². The Labute approximate surface area is 146 Å². The summed E-state index contributed by atoms with van der Waals surface area (Å²) in [5.74, 6) is 1.82. The van der Waals surface area contributed by atoms with Crippen LogP contribution in [0.4, 0.5) is 0 Å². The van der Waals surface area contributed by atoms with Gasteiger partial charge in [0.2, 0.25) is 0 Å². The summed E-state index contributed by atoms with van der Waals surface area (Å²) in [6, 6.07) is 8.55. The van der Waals surface area contributed by atoms with E-state index >= 15 is 0 Å². The fourth-order valence-corrected chi connectivity index (χ4v) is 3.86. The van der Waals surface area contributed by atoms with Crippen molar-refractivity contribution in [1.29, 1.82) is 0 Å². The Balaban J connectivity index is 1.40. The predicted molar refractivity (Wildman–Crippen MR) is 97.7 cm³/mol. The van der Waals surface area contributed by atoms with Gasteiger partial charge < -0.3 is 19.3 Å². The average molecular weight is 332 g/mol. The molecule has 0 amide bonds. The maximum atomic E-state index is 5.91. The van der Waals surface area contributed by atoms with Crippen LogP contribution in [0.3, 0.4) is 0 Å². The second-order valence-electron chi connectivity index (χ2n) is 7.16. The summed E-state index contributed by atoms with van der Waals surface area (Å²) in [6.45, 7) is 9.05. The molecule has 1 fully saturated rings. The molecule has 1 aromatic rings. The number of nitrogens with zero attached hydrogens (tertiary/aromatic N) is 2. The highest BCUT2D eigenvalue weighted by molar-refractivity contribution is 5.34. The van der Waals surface area contributed by atoms with Crippen LogP contribution < -0.4 is 4.74 Å². The standard InChI is InChI=1S/C20H32N2O2/c1-23-14-5-4-9-21-10-12-22(13-11-21)17-18-8-15-24-20-7-3-2-6-19(20)16-18/h2-3,6-7,18H,4-5,8-17H2,1H3/t18-/m0/s1. The summed E-state index contributed by atoms with van der Waals surface area (Å²) in [4.78, 5) is 5.27. The maximum Gasteiger partial charge on any atom is 0.122 e. The third-order valence-electron chi connectivity index (χ3n) is 5.32. The Bertz CT molecular complexity index is 486. The number of hydrogen-bond donors (Lipinski definition) is 0. The molecule has 0 spiro atoms. The van der Waals surface area contributed by atoms with E-state index in [-0.39, 0.29) is 0 Å². The second-order valence-corrected chi connectivity index (χ2v) is 7.16. The maximum absolute atomic E-state index is 5.91. The molecular formula is C20H32N2O2. The number of piperazine rings is 1. The molecule has 0 saturated carbocycles. The van der Waals surface area contributed by atoms with E-state index in [1.165, 1.54) is 64.1 Å². The van der Waals surface area contributed by atoms with Gasteiger partial charge in [0.15, 0.2) is 0 Å². The Morgan fingerprint density at radius 1 is 1.08 bits per heavy atom. The van der Waals surface area contributed by atoms with Crippen LogP contribution in [0.2, 0.25) is 0 Å². The number of rotatable bonds is 7. The highest BCUT2D eigenvalue weighted by atomic mass is 16.5. The molecule has 0 N–H and O–H groups in total. The summed E-state index contributed by atoms with van der Waals surface area (Å²) < 4.78 is 11.0. The van der Waals surface area contributed by atoms with Gasteiger partial charge in [-0.05, 0) is 49.8 Å². The number of unbranched alkanes of at least 4 members (excludes halogenated alkanes) is 1. The molecule has 0 aromatic heterocycles. The summed E-state index contributed by atoms with van der Waals surface area (Å²) >= 11 is 0. The van der Waals surface area contributed by atoms with Gasteiger partial charge in [0.1, 0.15) is 5.75 Å². The molecule has 134 valence electrons. The van der Waals surface area contributed by atoms with Crippen molar-refractivity contribution in [2.24, 2.45) is 5.92 Å². The van der Waals surface area contributed by atoms with Crippen LogP contribution in [0.15, 0.2) is 24.3 Å². The van der Waals surface area contributed by atoms with Crippen LogP contribution in [-0.4, -0.2) is 69.4 Å². The van der Waals surface area contributed by atoms with Crippen molar-refractivity contribution < 1.29 is 9.47 Å². The van der Waals surface area contributed by atoms with Gasteiger partial charge in [0.25, 0.3) is 0 Å². The van der Waals surface area contributed by atoms with E-state index in [4.69, 9.17) is 9.47 Å². The van der Waals surface area contributed by atoms with Gasteiger partial charge in [-0.1, -0.05) is 18.2 Å². The minimum absolute atomic E-state index is 0.724. The van der Waals surface area contributed by atoms with E-state index in [0.717, 1.165) is 31.3 Å². The highest BCUT2D eigenvalue weighted by Gasteiger charge is 2.22. The van der Waals surface area contributed by atoms with Gasteiger partial charge in [0, 0.05) is 46.4 Å². The van der Waals surface area contributed by atoms with Gasteiger partial charge >= 0.3 is 0 Å². The molecule has 2 heterocycles. The summed E-state index contributed by atoms with van der Waals surface area (Å²) in [5, 5.41) is 0. The van der Waals surface area contributed by atoms with Crippen LogP contribution >= 0.6 is 0 Å². The Morgan fingerprint density at radius 3 is 2.71 bits per heavy atom. The van der Waals surface area contributed by atoms with Gasteiger partial charge in [-0.3, -0.25) is 0 Å². The number of methoxy groups -OCH3 is 1. The number of ether oxygens (including phenoxy) is 2. The molecule has 4 heteroatoms. The lowest BCUT2D eigenvalue weighted by atomic mass is 9.96. The van der Waals surface area contributed by atoms with Crippen LogP contribution in [0, 0.1) is 5.92 Å². The second kappa shape index (κ2) is 9.40. The summed E-state index contributed by atoms with van der Waals surface area (Å²) in [7, 11) is 1.79. The fourth-order valence-electron chi connectivity index (χ4n) is 3.86. The third kappa shape index (κ3) is 5.20. The van der Waals surface area contributed by atoms with Crippen molar-refractivity contribution >= 4 is 0 Å². The topological polar surface area (TPSA) is 24.9 Å². The molecule has 0 unspecified atom stereocenters. The van der Waals surface area contributed by atoms with E-state index in [9.17, 15) is 0 Å². The van der Waals surface area contributed by atoms with Crippen molar-refractivity contribution in [3.63, 3.8) is 0 Å². The van der Waals surface area contributed by atoms with Gasteiger partial charge in [-0.25, -0.2) is 0 Å². The Kier molecular flexibility index (Phi) is 6.94. The molecule has 2 aliphatic heterocycles. The van der Waals surface area contributed by atoms with E-state index in [2.05, 4.69) is 34.1 Å². The van der Waals surface area contributed by atoms with Crippen molar-refractivity contribution in [2.45, 2.75) is 25.7 Å². The lowest BCUT2D eigenvalue weighted by molar-refractivity contribution is 0.109. The van der Waals surface area contributed by atoms with E-state index in [1.54, 1.807) is 7.11 Å². The minimum atomic E-state index is 0.724. The minimum Gasteiger partial charge on any atom is -0.493 e. The van der Waals surface area contributed by atoms with E-state index in [1.807, 2.05) is 0 Å². The van der Waals surface area contributed by atoms with Gasteiger partial charge in [-0.15, -0.1) is 0 Å². The van der Waals surface area contributed by atoms with Crippen molar-refractivity contribution in [2.75, 3.05) is 59.6 Å². The SMILES string of the molecule is COCCCCN1CCN(C[C@H]2CCOc3ccccc3C2)CC1. The molecule has 3 rings (SSSR count). The lowest BCUT2D eigenvalue weighted by Gasteiger charge is -2.36. The molecule has 0 radical (unpaired) electrons. The molecular weight excluding hydrogens is 300 g/mol. The van der Waals surface area contributed by atoms with Crippen LogP contribution in [0.25, 0.3) is 0 Å². The highest BCUT2D eigenvalue weighted by Crippen LogP contribution is 2.27. The smallest absolute Gasteiger partial charge is 0.122 e. The first-order valence-corrected chi connectivity index (χ1v) is 9.49. The van der Waals surface area contributed by atoms with Crippen molar-refractivity contribution in [3.05, 3.63) is 29.8 Å².